The van der Waals surface area contributed by atoms with E-state index in [0.717, 1.165) is 32.1 Å². The number of esters is 1. The Labute approximate surface area is 225 Å². The molecule has 5 fully saturated rings. The summed E-state index contributed by atoms with van der Waals surface area (Å²) in [6.45, 7) is 18.7. The van der Waals surface area contributed by atoms with Crippen LogP contribution in [0.15, 0.2) is 0 Å². The van der Waals surface area contributed by atoms with Gasteiger partial charge in [0.15, 0.2) is 0 Å². The van der Waals surface area contributed by atoms with E-state index in [0.29, 0.717) is 29.1 Å². The first-order valence-corrected chi connectivity index (χ1v) is 15.2. The van der Waals surface area contributed by atoms with Crippen molar-refractivity contribution in [3.05, 3.63) is 0 Å². The lowest BCUT2D eigenvalue weighted by Gasteiger charge is -2.73. The third kappa shape index (κ3) is 3.64. The Bertz CT molecular complexity index is 962. The molecule has 5 aliphatic carbocycles. The predicted molar refractivity (Wildman–Crippen MR) is 145 cm³/mol. The maximum atomic E-state index is 12.8. The molecule has 5 saturated carbocycles. The molecule has 0 aromatic rings. The van der Waals surface area contributed by atoms with Crippen LogP contribution in [0.25, 0.3) is 0 Å². The van der Waals surface area contributed by atoms with Gasteiger partial charge in [0, 0.05) is 17.8 Å². The highest BCUT2D eigenvalue weighted by Gasteiger charge is 2.70. The van der Waals surface area contributed by atoms with E-state index >= 15 is 0 Å². The monoisotopic (exact) mass is 515 g/mol. The average Bonchev–Trinajstić information content (AvgIpc) is 2.82. The normalized spacial score (nSPS) is 52.5. The van der Waals surface area contributed by atoms with Crippen molar-refractivity contribution < 1.29 is 19.5 Å². The number of hydrogen-bond acceptors (Lipinski definition) is 4. The maximum absolute atomic E-state index is 12.8. The molecular weight excluding hydrogens is 462 g/mol. The largest absolute Gasteiger partial charge is 0.462 e. The van der Waals surface area contributed by atoms with E-state index in [4.69, 9.17) is 4.74 Å². The molecule has 10 atom stereocenters. The van der Waals surface area contributed by atoms with Crippen LogP contribution in [0, 0.1) is 56.2 Å². The molecule has 0 aromatic carbocycles. The molecule has 0 bridgehead atoms. The molecule has 5 heteroatoms. The Hall–Kier alpha value is -1.10. The molecule has 210 valence electrons. The minimum atomic E-state index is -0.475. The molecule has 5 nitrogen and oxygen atoms in total. The highest BCUT2D eigenvalue weighted by atomic mass is 16.5. The molecule has 0 radical (unpaired) electrons. The molecule has 1 unspecified atom stereocenters. The summed E-state index contributed by atoms with van der Waals surface area (Å²) in [5, 5.41) is 9.51. The molecule has 2 N–H and O–H groups in total. The third-order valence-corrected chi connectivity index (χ3v) is 14.3. The van der Waals surface area contributed by atoms with Crippen LogP contribution in [0.3, 0.4) is 0 Å². The standard InChI is InChI=1S/C32H53NO4/c1-20(34)37-25-12-13-30(6)23(27(25,2)3)11-14-32(8)24(30)10-9-21-22-19-29(5,26(35)33-36)16-15-28(22,4)17-18-31(21,32)7/h21-25,36H,9-19H2,1-8H3,(H,33,35)/t21-,22-,23?,24-,25+,28-,29+,30+,31-,32-/m1/s1. The fourth-order valence-corrected chi connectivity index (χ4v) is 11.9. The molecule has 0 saturated heterocycles. The Kier molecular flexibility index (Phi) is 6.27. The van der Waals surface area contributed by atoms with Gasteiger partial charge in [-0.05, 0) is 116 Å². The smallest absolute Gasteiger partial charge is 0.302 e. The zero-order valence-electron chi connectivity index (χ0n) is 24.8. The van der Waals surface area contributed by atoms with Gasteiger partial charge in [-0.2, -0.15) is 0 Å². The van der Waals surface area contributed by atoms with Crippen LogP contribution in [0.1, 0.15) is 126 Å². The SMILES string of the molecule is CC(=O)O[C@H]1CC[C@@]2(C)C(CC[C@]3(C)[C@@H]2CC[C@@H]2[C@H]4C[C@@](C)(C(=O)NO)CC[C@]4(C)CC[C@]23C)C1(C)C. The number of ether oxygens (including phenoxy) is 1. The van der Waals surface area contributed by atoms with Crippen molar-refractivity contribution in [2.75, 3.05) is 0 Å². The van der Waals surface area contributed by atoms with Crippen LogP contribution in [0.4, 0.5) is 0 Å². The lowest BCUT2D eigenvalue weighted by Crippen LogP contribution is -2.67. The molecule has 0 aliphatic heterocycles. The predicted octanol–water partition coefficient (Wildman–Crippen LogP) is 7.31. The van der Waals surface area contributed by atoms with E-state index in [9.17, 15) is 14.8 Å². The number of rotatable bonds is 2. The van der Waals surface area contributed by atoms with Crippen LogP contribution in [-0.4, -0.2) is 23.2 Å². The zero-order chi connectivity index (χ0) is 27.2. The van der Waals surface area contributed by atoms with Gasteiger partial charge < -0.3 is 4.74 Å². The molecule has 0 spiro atoms. The van der Waals surface area contributed by atoms with Gasteiger partial charge in [0.25, 0.3) is 0 Å². The molecular formula is C32H53NO4. The first-order chi connectivity index (χ1) is 17.1. The highest BCUT2D eigenvalue weighted by Crippen LogP contribution is 2.77. The molecule has 1 amide bonds. The van der Waals surface area contributed by atoms with Crippen molar-refractivity contribution in [1.82, 2.24) is 5.48 Å². The lowest BCUT2D eigenvalue weighted by atomic mass is 9.31. The topological polar surface area (TPSA) is 75.6 Å². The van der Waals surface area contributed by atoms with Crippen molar-refractivity contribution >= 4 is 11.9 Å². The molecule has 0 heterocycles. The quantitative estimate of drug-likeness (QED) is 0.230. The maximum Gasteiger partial charge on any atom is 0.302 e. The lowest BCUT2D eigenvalue weighted by molar-refractivity contribution is -0.255. The average molecular weight is 516 g/mol. The third-order valence-electron chi connectivity index (χ3n) is 14.3. The van der Waals surface area contributed by atoms with Gasteiger partial charge >= 0.3 is 5.97 Å². The van der Waals surface area contributed by atoms with E-state index < -0.39 is 5.41 Å². The van der Waals surface area contributed by atoms with Gasteiger partial charge in [-0.25, -0.2) is 5.48 Å². The van der Waals surface area contributed by atoms with Crippen molar-refractivity contribution in [2.45, 2.75) is 132 Å². The fourth-order valence-electron chi connectivity index (χ4n) is 11.9. The second kappa shape index (κ2) is 8.45. The number of nitrogens with one attached hydrogen (secondary N) is 1. The minimum Gasteiger partial charge on any atom is -0.462 e. The number of carbonyl (C=O) groups excluding carboxylic acids is 2. The van der Waals surface area contributed by atoms with Crippen LogP contribution in [-0.2, 0) is 14.3 Å². The van der Waals surface area contributed by atoms with Crippen LogP contribution in [0.2, 0.25) is 0 Å². The van der Waals surface area contributed by atoms with E-state index in [2.05, 4.69) is 48.5 Å². The molecule has 5 aliphatic rings. The van der Waals surface area contributed by atoms with E-state index in [1.54, 1.807) is 6.92 Å². The Morgan fingerprint density at radius 3 is 2.08 bits per heavy atom. The summed E-state index contributed by atoms with van der Waals surface area (Å²) >= 11 is 0. The van der Waals surface area contributed by atoms with E-state index in [1.807, 2.05) is 5.48 Å². The van der Waals surface area contributed by atoms with Gasteiger partial charge in [0.05, 0.1) is 0 Å². The van der Waals surface area contributed by atoms with Gasteiger partial charge in [0.2, 0.25) is 5.91 Å². The number of amides is 1. The van der Waals surface area contributed by atoms with E-state index in [-0.39, 0.29) is 39.6 Å². The zero-order valence-corrected chi connectivity index (χ0v) is 24.8. The number of hydrogen-bond donors (Lipinski definition) is 2. The van der Waals surface area contributed by atoms with Crippen molar-refractivity contribution in [3.8, 4) is 0 Å². The van der Waals surface area contributed by atoms with Gasteiger partial charge in [-0.15, -0.1) is 0 Å². The fraction of sp³-hybridized carbons (Fsp3) is 0.938. The number of carbonyl (C=O) groups is 2. The minimum absolute atomic E-state index is 0.00820. The van der Waals surface area contributed by atoms with Crippen molar-refractivity contribution in [1.29, 1.82) is 0 Å². The molecule has 37 heavy (non-hydrogen) atoms. The molecule has 5 rings (SSSR count). The summed E-state index contributed by atoms with van der Waals surface area (Å²) in [5.74, 6) is 2.07. The molecule has 0 aromatic heterocycles. The number of fused-ring (bicyclic) bond motifs is 7. The number of hydroxylamine groups is 1. The second-order valence-electron chi connectivity index (χ2n) is 16.1. The first kappa shape index (κ1) is 27.5. The van der Waals surface area contributed by atoms with Crippen LogP contribution >= 0.6 is 0 Å². The van der Waals surface area contributed by atoms with Gasteiger partial charge in [-0.1, -0.05) is 48.5 Å². The summed E-state index contributed by atoms with van der Waals surface area (Å²) < 4.78 is 5.90. The first-order valence-electron chi connectivity index (χ1n) is 15.2. The van der Waals surface area contributed by atoms with Crippen molar-refractivity contribution in [3.63, 3.8) is 0 Å². The van der Waals surface area contributed by atoms with Crippen LogP contribution < -0.4 is 5.48 Å². The Balaban J connectivity index is 1.47. The summed E-state index contributed by atoms with van der Waals surface area (Å²) in [7, 11) is 0. The Morgan fingerprint density at radius 2 is 1.43 bits per heavy atom. The summed E-state index contributed by atoms with van der Waals surface area (Å²) in [6.07, 6.45) is 12.5. The van der Waals surface area contributed by atoms with Gasteiger partial charge in [-0.3, -0.25) is 14.8 Å². The van der Waals surface area contributed by atoms with E-state index in [1.165, 1.54) is 38.5 Å². The summed E-state index contributed by atoms with van der Waals surface area (Å²) in [6, 6.07) is 0. The summed E-state index contributed by atoms with van der Waals surface area (Å²) in [5.41, 5.74) is 2.63. The Morgan fingerprint density at radius 1 is 0.757 bits per heavy atom. The van der Waals surface area contributed by atoms with Gasteiger partial charge in [0.1, 0.15) is 6.10 Å². The second-order valence-corrected chi connectivity index (χ2v) is 16.1. The van der Waals surface area contributed by atoms with Crippen LogP contribution in [0.5, 0.6) is 0 Å². The summed E-state index contributed by atoms with van der Waals surface area (Å²) in [4.78, 5) is 24.7. The highest BCUT2D eigenvalue weighted by molar-refractivity contribution is 5.81. The van der Waals surface area contributed by atoms with Crippen molar-refractivity contribution in [2.24, 2.45) is 56.2 Å².